The monoisotopic (exact) mass is 198 g/mol. The van der Waals surface area contributed by atoms with Crippen LogP contribution in [0.1, 0.15) is 40.5 Å². The van der Waals surface area contributed by atoms with Gasteiger partial charge in [0, 0.05) is 24.7 Å². The Bertz CT molecular complexity index is 160. The maximum atomic E-state index is 3.43. The molecule has 1 N–H and O–H groups in total. The molecule has 0 aliphatic carbocycles. The van der Waals surface area contributed by atoms with Crippen molar-refractivity contribution in [3.63, 3.8) is 0 Å². The van der Waals surface area contributed by atoms with Gasteiger partial charge in [-0.2, -0.15) is 0 Å². The summed E-state index contributed by atoms with van der Waals surface area (Å²) in [6.45, 7) is 11.7. The van der Waals surface area contributed by atoms with Crippen LogP contribution in [0, 0.1) is 5.92 Å². The van der Waals surface area contributed by atoms with Gasteiger partial charge >= 0.3 is 0 Å². The second kappa shape index (κ2) is 4.63. The predicted octanol–water partition coefficient (Wildman–Crippen LogP) is 2.10. The summed E-state index contributed by atoms with van der Waals surface area (Å²) in [4.78, 5) is 2.62. The fraction of sp³-hybridized carbons (Fsp3) is 1.00. The van der Waals surface area contributed by atoms with Crippen molar-refractivity contribution in [2.75, 3.05) is 20.1 Å². The Kier molecular flexibility index (Phi) is 3.96. The Morgan fingerprint density at radius 2 is 1.93 bits per heavy atom. The summed E-state index contributed by atoms with van der Waals surface area (Å²) < 4.78 is 0. The number of hydrogen-bond donors (Lipinski definition) is 1. The molecule has 0 amide bonds. The Hall–Kier alpha value is -0.0800. The van der Waals surface area contributed by atoms with E-state index >= 15 is 0 Å². The molecule has 1 heterocycles. The van der Waals surface area contributed by atoms with Crippen molar-refractivity contribution in [2.24, 2.45) is 5.92 Å². The van der Waals surface area contributed by atoms with Crippen molar-refractivity contribution in [2.45, 2.75) is 52.1 Å². The number of rotatable bonds is 2. The molecule has 2 nitrogen and oxygen atoms in total. The van der Waals surface area contributed by atoms with Gasteiger partial charge in [-0.1, -0.05) is 13.3 Å². The van der Waals surface area contributed by atoms with Gasteiger partial charge in [-0.05, 0) is 40.2 Å². The van der Waals surface area contributed by atoms with Crippen LogP contribution in [0.3, 0.4) is 0 Å². The summed E-state index contributed by atoms with van der Waals surface area (Å²) in [5.41, 5.74) is 0.322. The van der Waals surface area contributed by atoms with E-state index in [1.165, 1.54) is 25.9 Å². The topological polar surface area (TPSA) is 15.3 Å². The number of likely N-dealkylation sites (N-methyl/N-ethyl adjacent to an activating group) is 1. The Labute approximate surface area is 89.1 Å². The Morgan fingerprint density at radius 3 is 2.36 bits per heavy atom. The summed E-state index contributed by atoms with van der Waals surface area (Å²) in [5.74, 6) is 0.875. The summed E-state index contributed by atoms with van der Waals surface area (Å²) in [5, 5.41) is 3.43. The number of likely N-dealkylation sites (tertiary alicyclic amines) is 1. The van der Waals surface area contributed by atoms with E-state index in [0.717, 1.165) is 5.92 Å². The lowest BCUT2D eigenvalue weighted by atomic mass is 9.89. The average molecular weight is 198 g/mol. The first-order valence-electron chi connectivity index (χ1n) is 5.89. The molecule has 1 saturated heterocycles. The first-order chi connectivity index (χ1) is 6.47. The van der Waals surface area contributed by atoms with Crippen LogP contribution in [0.5, 0.6) is 0 Å². The third-order valence-electron chi connectivity index (χ3n) is 3.47. The van der Waals surface area contributed by atoms with Gasteiger partial charge in [0.25, 0.3) is 0 Å². The van der Waals surface area contributed by atoms with Gasteiger partial charge in [-0.15, -0.1) is 0 Å². The predicted molar refractivity (Wildman–Crippen MR) is 62.6 cm³/mol. The summed E-state index contributed by atoms with van der Waals surface area (Å²) in [6.07, 6.45) is 2.66. The van der Waals surface area contributed by atoms with Gasteiger partial charge in [-0.3, -0.25) is 4.90 Å². The molecule has 0 saturated carbocycles. The molecule has 1 aliphatic heterocycles. The van der Waals surface area contributed by atoms with Crippen LogP contribution >= 0.6 is 0 Å². The van der Waals surface area contributed by atoms with Crippen LogP contribution in [-0.4, -0.2) is 36.6 Å². The molecule has 0 aromatic rings. The third-order valence-corrected chi connectivity index (χ3v) is 3.47. The zero-order valence-corrected chi connectivity index (χ0v) is 10.4. The van der Waals surface area contributed by atoms with Crippen molar-refractivity contribution in [3.8, 4) is 0 Å². The summed E-state index contributed by atoms with van der Waals surface area (Å²) in [7, 11) is 2.09. The maximum absolute atomic E-state index is 3.43. The minimum Gasteiger partial charge on any atom is -0.316 e. The van der Waals surface area contributed by atoms with Gasteiger partial charge in [0.15, 0.2) is 0 Å². The molecule has 2 atom stereocenters. The van der Waals surface area contributed by atoms with Crippen molar-refractivity contribution in [1.82, 2.24) is 10.2 Å². The van der Waals surface area contributed by atoms with E-state index in [0.29, 0.717) is 11.6 Å². The minimum absolute atomic E-state index is 0.322. The van der Waals surface area contributed by atoms with Gasteiger partial charge in [0.05, 0.1) is 0 Å². The molecule has 14 heavy (non-hydrogen) atoms. The molecule has 1 unspecified atom stereocenters. The summed E-state index contributed by atoms with van der Waals surface area (Å²) >= 11 is 0. The lowest BCUT2D eigenvalue weighted by molar-refractivity contribution is 0.0597. The van der Waals surface area contributed by atoms with Crippen molar-refractivity contribution >= 4 is 0 Å². The normalized spacial score (nSPS) is 30.6. The molecule has 2 heteroatoms. The van der Waals surface area contributed by atoms with E-state index in [1.807, 2.05) is 0 Å². The molecular formula is C12H26N2. The standard InChI is InChI=1S/C12H26N2/c1-6-10-7-11(13-5)9-14(8-10)12(2,3)4/h10-11,13H,6-9H2,1-5H3/t10-,11?/m1/s1. The molecule has 0 aromatic heterocycles. The molecule has 0 radical (unpaired) electrons. The quantitative estimate of drug-likeness (QED) is 0.731. The van der Waals surface area contributed by atoms with E-state index in [9.17, 15) is 0 Å². The molecule has 1 rings (SSSR count). The van der Waals surface area contributed by atoms with E-state index in [-0.39, 0.29) is 0 Å². The summed E-state index contributed by atoms with van der Waals surface area (Å²) in [6, 6.07) is 0.688. The first kappa shape index (κ1) is 12.0. The maximum Gasteiger partial charge on any atom is 0.0195 e. The fourth-order valence-electron chi connectivity index (χ4n) is 2.26. The van der Waals surface area contributed by atoms with Crippen LogP contribution in [-0.2, 0) is 0 Å². The average Bonchev–Trinajstić information content (AvgIpc) is 2.15. The van der Waals surface area contributed by atoms with E-state index in [1.54, 1.807) is 0 Å². The number of nitrogens with zero attached hydrogens (tertiary/aromatic N) is 1. The van der Waals surface area contributed by atoms with Gasteiger partial charge in [-0.25, -0.2) is 0 Å². The van der Waals surface area contributed by atoms with Crippen LogP contribution in [0.25, 0.3) is 0 Å². The lowest BCUT2D eigenvalue weighted by Gasteiger charge is -2.44. The zero-order valence-electron chi connectivity index (χ0n) is 10.4. The third kappa shape index (κ3) is 2.96. The molecule has 1 aliphatic rings. The molecule has 84 valence electrons. The molecule has 1 fully saturated rings. The molecule has 0 bridgehead atoms. The van der Waals surface area contributed by atoms with Gasteiger partial charge < -0.3 is 5.32 Å². The number of piperidine rings is 1. The number of hydrogen-bond acceptors (Lipinski definition) is 2. The van der Waals surface area contributed by atoms with Crippen molar-refractivity contribution in [1.29, 1.82) is 0 Å². The Balaban J connectivity index is 2.60. The highest BCUT2D eigenvalue weighted by Gasteiger charge is 2.31. The van der Waals surface area contributed by atoms with E-state index in [2.05, 4.69) is 45.0 Å². The number of nitrogens with one attached hydrogen (secondary N) is 1. The highest BCUT2D eigenvalue weighted by molar-refractivity contribution is 4.88. The SMILES string of the molecule is CC[C@@H]1CC(NC)CN(C(C)(C)C)C1. The second-order valence-electron chi connectivity index (χ2n) is 5.57. The largest absolute Gasteiger partial charge is 0.316 e. The van der Waals surface area contributed by atoms with Crippen molar-refractivity contribution < 1.29 is 0 Å². The second-order valence-corrected chi connectivity index (χ2v) is 5.57. The molecule has 0 spiro atoms. The zero-order chi connectivity index (χ0) is 10.8. The van der Waals surface area contributed by atoms with Crippen LogP contribution in [0.15, 0.2) is 0 Å². The van der Waals surface area contributed by atoms with Crippen LogP contribution in [0.2, 0.25) is 0 Å². The van der Waals surface area contributed by atoms with Gasteiger partial charge in [0.2, 0.25) is 0 Å². The first-order valence-corrected chi connectivity index (χ1v) is 5.89. The highest BCUT2D eigenvalue weighted by atomic mass is 15.2. The van der Waals surface area contributed by atoms with Crippen LogP contribution in [0.4, 0.5) is 0 Å². The van der Waals surface area contributed by atoms with Gasteiger partial charge in [0.1, 0.15) is 0 Å². The molecular weight excluding hydrogens is 172 g/mol. The minimum atomic E-state index is 0.322. The molecule has 0 aromatic carbocycles. The van der Waals surface area contributed by atoms with E-state index < -0.39 is 0 Å². The van der Waals surface area contributed by atoms with Crippen LogP contribution < -0.4 is 5.32 Å². The highest BCUT2D eigenvalue weighted by Crippen LogP contribution is 2.25. The smallest absolute Gasteiger partial charge is 0.0195 e. The van der Waals surface area contributed by atoms with Crippen molar-refractivity contribution in [3.05, 3.63) is 0 Å². The van der Waals surface area contributed by atoms with E-state index in [4.69, 9.17) is 0 Å². The Morgan fingerprint density at radius 1 is 1.29 bits per heavy atom. The lowest BCUT2D eigenvalue weighted by Crippen LogP contribution is -2.54. The fourth-order valence-corrected chi connectivity index (χ4v) is 2.26.